The smallest absolute Gasteiger partial charge is 0.230 e. The number of hydrogen-bond donors (Lipinski definition) is 3. The zero-order chi connectivity index (χ0) is 17.7. The first-order valence-corrected chi connectivity index (χ1v) is 8.98. The molecule has 2 aromatic carbocycles. The van der Waals surface area contributed by atoms with Crippen molar-refractivity contribution in [3.05, 3.63) is 70.7 Å². The minimum atomic E-state index is -0.827. The third kappa shape index (κ3) is 3.87. The van der Waals surface area contributed by atoms with Crippen LogP contribution in [0.5, 0.6) is 0 Å². The van der Waals surface area contributed by atoms with Crippen molar-refractivity contribution in [2.24, 2.45) is 0 Å². The molecule has 1 aliphatic rings. The Bertz CT molecular complexity index is 715. The molecule has 0 aliphatic carbocycles. The molecule has 1 unspecified atom stereocenters. The van der Waals surface area contributed by atoms with Gasteiger partial charge in [-0.05, 0) is 37.6 Å². The van der Waals surface area contributed by atoms with E-state index in [9.17, 15) is 9.90 Å². The average Bonchev–Trinajstić information content (AvgIpc) is 2.67. The molecule has 0 aromatic heterocycles. The van der Waals surface area contributed by atoms with Gasteiger partial charge in [0.25, 0.3) is 0 Å². The second-order valence-electron chi connectivity index (χ2n) is 6.45. The average molecular weight is 359 g/mol. The summed E-state index contributed by atoms with van der Waals surface area (Å²) in [5, 5.41) is 17.2. The summed E-state index contributed by atoms with van der Waals surface area (Å²) in [7, 11) is 0. The Kier molecular flexibility index (Phi) is 5.74. The maximum absolute atomic E-state index is 13.1. The SMILES string of the molecule is O=C(NCC(O)c1ccccc1Cl)C1(c2ccccc2)CCNCC1. The fourth-order valence-electron chi connectivity index (χ4n) is 3.47. The molecule has 0 saturated carbocycles. The van der Waals surface area contributed by atoms with Crippen molar-refractivity contribution in [2.45, 2.75) is 24.4 Å². The lowest BCUT2D eigenvalue weighted by Gasteiger charge is -2.37. The molecule has 0 radical (unpaired) electrons. The first-order chi connectivity index (χ1) is 12.1. The van der Waals surface area contributed by atoms with Gasteiger partial charge in [0.1, 0.15) is 0 Å². The van der Waals surface area contributed by atoms with Crippen LogP contribution in [0, 0.1) is 0 Å². The zero-order valence-corrected chi connectivity index (χ0v) is 14.8. The van der Waals surface area contributed by atoms with E-state index in [1.165, 1.54) is 0 Å². The maximum Gasteiger partial charge on any atom is 0.230 e. The first kappa shape index (κ1) is 17.9. The van der Waals surface area contributed by atoms with Gasteiger partial charge in [-0.1, -0.05) is 60.1 Å². The van der Waals surface area contributed by atoms with Gasteiger partial charge in [-0.15, -0.1) is 0 Å². The Morgan fingerprint density at radius 1 is 1.12 bits per heavy atom. The summed E-state index contributed by atoms with van der Waals surface area (Å²) in [5.41, 5.74) is 1.11. The summed E-state index contributed by atoms with van der Waals surface area (Å²) in [5.74, 6) is -0.0358. The molecule has 0 spiro atoms. The molecule has 3 rings (SSSR count). The topological polar surface area (TPSA) is 61.4 Å². The summed E-state index contributed by atoms with van der Waals surface area (Å²) in [6.07, 6.45) is 0.656. The predicted molar refractivity (Wildman–Crippen MR) is 99.6 cm³/mol. The molecule has 1 atom stereocenters. The van der Waals surface area contributed by atoms with Gasteiger partial charge < -0.3 is 15.7 Å². The standard InChI is InChI=1S/C20H23ClN2O2/c21-17-9-5-4-8-16(17)18(24)14-23-19(25)20(10-12-22-13-11-20)15-6-2-1-3-7-15/h1-9,18,22,24H,10-14H2,(H,23,25). The van der Waals surface area contributed by atoms with Crippen molar-refractivity contribution in [1.82, 2.24) is 10.6 Å². The van der Waals surface area contributed by atoms with Gasteiger partial charge in [0.2, 0.25) is 5.91 Å². The first-order valence-electron chi connectivity index (χ1n) is 8.60. The van der Waals surface area contributed by atoms with Crippen molar-refractivity contribution in [3.8, 4) is 0 Å². The van der Waals surface area contributed by atoms with E-state index in [0.29, 0.717) is 10.6 Å². The van der Waals surface area contributed by atoms with Crippen LogP contribution in [0.2, 0.25) is 5.02 Å². The van der Waals surface area contributed by atoms with E-state index in [0.717, 1.165) is 31.5 Å². The number of aliphatic hydroxyl groups excluding tert-OH is 1. The normalized spacial score (nSPS) is 17.7. The molecule has 1 heterocycles. The van der Waals surface area contributed by atoms with E-state index >= 15 is 0 Å². The highest BCUT2D eigenvalue weighted by Gasteiger charge is 2.41. The van der Waals surface area contributed by atoms with Crippen LogP contribution in [0.1, 0.15) is 30.1 Å². The molecule has 4 nitrogen and oxygen atoms in total. The van der Waals surface area contributed by atoms with Crippen LogP contribution < -0.4 is 10.6 Å². The Hall–Kier alpha value is -1.88. The lowest BCUT2D eigenvalue weighted by atomic mass is 9.72. The number of hydrogen-bond acceptors (Lipinski definition) is 3. The van der Waals surface area contributed by atoms with Gasteiger partial charge in [-0.2, -0.15) is 0 Å². The number of piperidine rings is 1. The monoisotopic (exact) mass is 358 g/mol. The largest absolute Gasteiger partial charge is 0.387 e. The van der Waals surface area contributed by atoms with Gasteiger partial charge in [0.15, 0.2) is 0 Å². The number of halogens is 1. The summed E-state index contributed by atoms with van der Waals surface area (Å²) in [6.45, 7) is 1.75. The van der Waals surface area contributed by atoms with Crippen molar-refractivity contribution >= 4 is 17.5 Å². The number of amides is 1. The Morgan fingerprint density at radius 2 is 1.76 bits per heavy atom. The summed E-state index contributed by atoms with van der Waals surface area (Å²) >= 11 is 6.13. The van der Waals surface area contributed by atoms with Crippen molar-refractivity contribution in [3.63, 3.8) is 0 Å². The van der Waals surface area contributed by atoms with E-state index < -0.39 is 11.5 Å². The van der Waals surface area contributed by atoms with Gasteiger partial charge in [0.05, 0.1) is 11.5 Å². The Morgan fingerprint density at radius 3 is 2.44 bits per heavy atom. The highest BCUT2D eigenvalue weighted by Crippen LogP contribution is 2.34. The predicted octanol–water partition coefficient (Wildman–Crippen LogP) is 2.81. The molecule has 132 valence electrons. The van der Waals surface area contributed by atoms with Gasteiger partial charge >= 0.3 is 0 Å². The van der Waals surface area contributed by atoms with E-state index in [1.807, 2.05) is 42.5 Å². The number of benzene rings is 2. The minimum absolute atomic E-state index is 0.0358. The van der Waals surface area contributed by atoms with E-state index in [2.05, 4.69) is 10.6 Å². The van der Waals surface area contributed by atoms with E-state index in [-0.39, 0.29) is 12.5 Å². The fraction of sp³-hybridized carbons (Fsp3) is 0.350. The second kappa shape index (κ2) is 8.00. The summed E-state index contributed by atoms with van der Waals surface area (Å²) in [4.78, 5) is 13.1. The lowest BCUT2D eigenvalue weighted by molar-refractivity contribution is -0.128. The second-order valence-corrected chi connectivity index (χ2v) is 6.85. The molecular weight excluding hydrogens is 336 g/mol. The van der Waals surface area contributed by atoms with Crippen molar-refractivity contribution in [1.29, 1.82) is 0 Å². The molecular formula is C20H23ClN2O2. The highest BCUT2D eigenvalue weighted by molar-refractivity contribution is 6.31. The van der Waals surface area contributed by atoms with Crippen LogP contribution >= 0.6 is 11.6 Å². The quantitative estimate of drug-likeness (QED) is 0.770. The number of rotatable bonds is 5. The van der Waals surface area contributed by atoms with Crippen LogP contribution in [-0.4, -0.2) is 30.6 Å². The molecule has 0 bridgehead atoms. The lowest BCUT2D eigenvalue weighted by Crippen LogP contribution is -2.51. The highest BCUT2D eigenvalue weighted by atomic mass is 35.5. The molecule has 2 aromatic rings. The third-order valence-electron chi connectivity index (χ3n) is 4.94. The maximum atomic E-state index is 13.1. The van der Waals surface area contributed by atoms with Gasteiger partial charge in [-0.25, -0.2) is 0 Å². The van der Waals surface area contributed by atoms with Crippen LogP contribution in [0.4, 0.5) is 0 Å². The number of nitrogens with one attached hydrogen (secondary N) is 2. The Balaban J connectivity index is 1.74. The number of carbonyl (C=O) groups excluding carboxylic acids is 1. The summed E-state index contributed by atoms with van der Waals surface area (Å²) < 4.78 is 0. The third-order valence-corrected chi connectivity index (χ3v) is 5.28. The molecule has 1 amide bonds. The molecule has 1 saturated heterocycles. The van der Waals surface area contributed by atoms with Crippen LogP contribution in [0.15, 0.2) is 54.6 Å². The molecule has 1 aliphatic heterocycles. The van der Waals surface area contributed by atoms with E-state index in [1.54, 1.807) is 12.1 Å². The number of aliphatic hydroxyl groups is 1. The molecule has 5 heteroatoms. The minimum Gasteiger partial charge on any atom is -0.387 e. The van der Waals surface area contributed by atoms with Crippen LogP contribution in [0.25, 0.3) is 0 Å². The molecule has 1 fully saturated rings. The molecule has 3 N–H and O–H groups in total. The van der Waals surface area contributed by atoms with Crippen molar-refractivity contribution in [2.75, 3.05) is 19.6 Å². The molecule has 25 heavy (non-hydrogen) atoms. The van der Waals surface area contributed by atoms with Crippen LogP contribution in [-0.2, 0) is 10.2 Å². The van der Waals surface area contributed by atoms with Crippen LogP contribution in [0.3, 0.4) is 0 Å². The zero-order valence-electron chi connectivity index (χ0n) is 14.0. The summed E-state index contributed by atoms with van der Waals surface area (Å²) in [6, 6.07) is 17.1. The van der Waals surface area contributed by atoms with Crippen molar-refractivity contribution < 1.29 is 9.90 Å². The Labute approximate surface area is 153 Å². The fourth-order valence-corrected chi connectivity index (χ4v) is 3.73. The van der Waals surface area contributed by atoms with Gasteiger partial charge in [-0.3, -0.25) is 4.79 Å². The van der Waals surface area contributed by atoms with Gasteiger partial charge in [0, 0.05) is 17.1 Å². The van der Waals surface area contributed by atoms with E-state index in [4.69, 9.17) is 11.6 Å². The number of carbonyl (C=O) groups is 1.